The highest BCUT2D eigenvalue weighted by Crippen LogP contribution is 2.29. The molecule has 2 aromatic heterocycles. The van der Waals surface area contributed by atoms with Gasteiger partial charge in [0.2, 0.25) is 0 Å². The van der Waals surface area contributed by atoms with Gasteiger partial charge in [0.15, 0.2) is 5.60 Å². The number of hydrogen-bond acceptors (Lipinski definition) is 5. The number of rotatable bonds is 7. The molecule has 0 spiro atoms. The van der Waals surface area contributed by atoms with Crippen molar-refractivity contribution in [1.29, 1.82) is 0 Å². The van der Waals surface area contributed by atoms with E-state index in [2.05, 4.69) is 16.7 Å². The van der Waals surface area contributed by atoms with Crippen molar-refractivity contribution in [3.8, 4) is 0 Å². The summed E-state index contributed by atoms with van der Waals surface area (Å²) in [6.45, 7) is 0.194. The molecule has 27 heavy (non-hydrogen) atoms. The maximum absolute atomic E-state index is 12.1. The smallest absolute Gasteiger partial charge is 0.309 e. The van der Waals surface area contributed by atoms with E-state index in [-0.39, 0.29) is 12.3 Å². The van der Waals surface area contributed by atoms with Gasteiger partial charge in [-0.3, -0.25) is 9.59 Å². The third kappa shape index (κ3) is 4.68. The van der Waals surface area contributed by atoms with Crippen molar-refractivity contribution in [2.24, 2.45) is 0 Å². The highest BCUT2D eigenvalue weighted by atomic mass is 16.4. The number of amides is 2. The fourth-order valence-corrected chi connectivity index (χ4v) is 3.18. The highest BCUT2D eigenvalue weighted by Gasteiger charge is 2.36. The minimum Gasteiger partial charge on any atom is -0.472 e. The first-order valence-corrected chi connectivity index (χ1v) is 9.12. The summed E-state index contributed by atoms with van der Waals surface area (Å²) in [6, 6.07) is 4.80. The molecule has 3 N–H and O–H groups in total. The summed E-state index contributed by atoms with van der Waals surface area (Å²) >= 11 is 0. The van der Waals surface area contributed by atoms with Crippen LogP contribution in [0.5, 0.6) is 0 Å². The Bertz CT molecular complexity index is 743. The van der Waals surface area contributed by atoms with Gasteiger partial charge < -0.3 is 24.6 Å². The van der Waals surface area contributed by atoms with E-state index < -0.39 is 17.4 Å². The zero-order chi connectivity index (χ0) is 19.1. The van der Waals surface area contributed by atoms with Crippen LogP contribution in [0.25, 0.3) is 0 Å². The lowest BCUT2D eigenvalue weighted by molar-refractivity contribution is -0.139. The Balaban J connectivity index is 1.53. The minimum atomic E-state index is -1.63. The van der Waals surface area contributed by atoms with E-state index in [1.54, 1.807) is 18.2 Å². The van der Waals surface area contributed by atoms with Crippen LogP contribution < -0.4 is 10.6 Å². The Kier molecular flexibility index (Phi) is 6.13. The lowest BCUT2D eigenvalue weighted by Gasteiger charge is -2.25. The summed E-state index contributed by atoms with van der Waals surface area (Å²) in [5, 5.41) is 16.1. The zero-order valence-electron chi connectivity index (χ0n) is 15.1. The average Bonchev–Trinajstić information content (AvgIpc) is 3.41. The minimum absolute atomic E-state index is 0.225. The van der Waals surface area contributed by atoms with E-state index in [1.165, 1.54) is 37.2 Å². The number of nitrogens with one attached hydrogen (secondary N) is 2. The molecule has 2 heterocycles. The number of allylic oxidation sites excluding steroid dienone is 1. The van der Waals surface area contributed by atoms with Crippen molar-refractivity contribution in [3.05, 3.63) is 60.0 Å². The molecule has 2 amide bonds. The van der Waals surface area contributed by atoms with Crippen molar-refractivity contribution in [3.63, 3.8) is 0 Å². The van der Waals surface area contributed by atoms with Crippen LogP contribution in [-0.4, -0.2) is 30.0 Å². The molecule has 0 aliphatic heterocycles. The maximum Gasteiger partial charge on any atom is 0.309 e. The van der Waals surface area contributed by atoms with Gasteiger partial charge in [0.1, 0.15) is 5.76 Å². The van der Waals surface area contributed by atoms with Gasteiger partial charge in [-0.1, -0.05) is 11.6 Å². The van der Waals surface area contributed by atoms with E-state index in [9.17, 15) is 14.7 Å². The van der Waals surface area contributed by atoms with Gasteiger partial charge in [-0.25, -0.2) is 0 Å². The molecule has 0 radical (unpaired) electrons. The van der Waals surface area contributed by atoms with Gasteiger partial charge in [-0.15, -0.1) is 0 Å². The summed E-state index contributed by atoms with van der Waals surface area (Å²) in [5.74, 6) is -1.28. The molecule has 0 saturated carbocycles. The Hall–Kier alpha value is -2.80. The maximum atomic E-state index is 12.1. The summed E-state index contributed by atoms with van der Waals surface area (Å²) in [5.41, 5.74) is 0.121. The molecular formula is C20H24N2O5. The Morgan fingerprint density at radius 2 is 2.00 bits per heavy atom. The summed E-state index contributed by atoms with van der Waals surface area (Å²) in [4.78, 5) is 24.1. The van der Waals surface area contributed by atoms with Crippen LogP contribution in [-0.2, 0) is 15.2 Å². The van der Waals surface area contributed by atoms with E-state index in [0.29, 0.717) is 12.1 Å². The molecule has 1 aliphatic carbocycles. The van der Waals surface area contributed by atoms with E-state index in [1.807, 2.05) is 0 Å². The third-order valence-corrected chi connectivity index (χ3v) is 4.76. The van der Waals surface area contributed by atoms with Gasteiger partial charge in [0.25, 0.3) is 0 Å². The van der Waals surface area contributed by atoms with Crippen molar-refractivity contribution in [2.45, 2.75) is 37.7 Å². The number of carbonyl (C=O) groups is 2. The fourth-order valence-electron chi connectivity index (χ4n) is 3.18. The number of aliphatic hydroxyl groups is 1. The van der Waals surface area contributed by atoms with Crippen molar-refractivity contribution < 1.29 is 23.5 Å². The summed E-state index contributed by atoms with van der Waals surface area (Å²) in [6.07, 6.45) is 11.7. The van der Waals surface area contributed by atoms with Crippen LogP contribution in [0.15, 0.2) is 57.5 Å². The molecule has 3 rings (SSSR count). The van der Waals surface area contributed by atoms with E-state index >= 15 is 0 Å². The predicted octanol–water partition coefficient (Wildman–Crippen LogP) is 2.23. The first kappa shape index (κ1) is 19.0. The number of furan rings is 2. The molecule has 0 aromatic carbocycles. The molecule has 1 aliphatic rings. The van der Waals surface area contributed by atoms with Gasteiger partial charge in [-0.2, -0.15) is 0 Å². The zero-order valence-corrected chi connectivity index (χ0v) is 15.1. The van der Waals surface area contributed by atoms with Crippen LogP contribution in [0, 0.1) is 0 Å². The van der Waals surface area contributed by atoms with Gasteiger partial charge in [-0.05, 0) is 50.3 Å². The van der Waals surface area contributed by atoms with Crippen molar-refractivity contribution >= 4 is 11.8 Å². The predicted molar refractivity (Wildman–Crippen MR) is 97.6 cm³/mol. The van der Waals surface area contributed by atoms with Gasteiger partial charge in [0, 0.05) is 12.1 Å². The fraction of sp³-hybridized carbons (Fsp3) is 0.400. The molecule has 0 unspecified atom stereocenters. The normalized spacial score (nSPS) is 16.3. The van der Waals surface area contributed by atoms with Gasteiger partial charge >= 0.3 is 11.8 Å². The van der Waals surface area contributed by atoms with E-state index in [0.717, 1.165) is 19.3 Å². The van der Waals surface area contributed by atoms with Crippen LogP contribution in [0.1, 0.15) is 43.4 Å². The Morgan fingerprint density at radius 3 is 2.67 bits per heavy atom. The molecule has 7 heteroatoms. The topological polar surface area (TPSA) is 105 Å². The Morgan fingerprint density at radius 1 is 1.15 bits per heavy atom. The SMILES string of the molecule is O=C(NCCC1=CCCCC1)C(=O)NC[C@@](O)(c1ccoc1)c1ccco1. The average molecular weight is 372 g/mol. The largest absolute Gasteiger partial charge is 0.472 e. The van der Waals surface area contributed by atoms with Crippen LogP contribution in [0.2, 0.25) is 0 Å². The van der Waals surface area contributed by atoms with Gasteiger partial charge in [0.05, 0.1) is 25.3 Å². The molecule has 0 fully saturated rings. The lowest BCUT2D eigenvalue weighted by atomic mass is 9.93. The number of hydrogen-bond donors (Lipinski definition) is 3. The second-order valence-corrected chi connectivity index (χ2v) is 6.65. The molecule has 7 nitrogen and oxygen atoms in total. The lowest BCUT2D eigenvalue weighted by Crippen LogP contribution is -2.46. The molecule has 0 saturated heterocycles. The third-order valence-electron chi connectivity index (χ3n) is 4.76. The van der Waals surface area contributed by atoms with Crippen LogP contribution in [0.4, 0.5) is 0 Å². The summed E-state index contributed by atoms with van der Waals surface area (Å²) < 4.78 is 10.3. The number of carbonyl (C=O) groups excluding carboxylic acids is 2. The highest BCUT2D eigenvalue weighted by molar-refractivity contribution is 6.35. The first-order chi connectivity index (χ1) is 13.1. The molecular weight excluding hydrogens is 348 g/mol. The van der Waals surface area contributed by atoms with E-state index in [4.69, 9.17) is 8.83 Å². The first-order valence-electron chi connectivity index (χ1n) is 9.12. The second kappa shape index (κ2) is 8.73. The molecule has 0 bridgehead atoms. The Labute approximate surface area is 157 Å². The van der Waals surface area contributed by atoms with Crippen LogP contribution >= 0.6 is 0 Å². The second-order valence-electron chi connectivity index (χ2n) is 6.65. The van der Waals surface area contributed by atoms with Crippen molar-refractivity contribution in [1.82, 2.24) is 10.6 Å². The molecule has 1 atom stereocenters. The molecule has 2 aromatic rings. The monoisotopic (exact) mass is 372 g/mol. The quantitative estimate of drug-likeness (QED) is 0.511. The standard InChI is InChI=1S/C20H24N2O5/c23-18(21-10-8-15-5-2-1-3-6-15)19(24)22-14-20(25,16-9-12-26-13-16)17-7-4-11-27-17/h4-5,7,9,11-13,25H,1-3,6,8,10,14H2,(H,21,23)(H,22,24)/t20-/m1/s1. The molecule has 144 valence electrons. The summed E-state index contributed by atoms with van der Waals surface area (Å²) in [7, 11) is 0. The van der Waals surface area contributed by atoms with Crippen molar-refractivity contribution in [2.75, 3.05) is 13.1 Å². The van der Waals surface area contributed by atoms with Crippen LogP contribution in [0.3, 0.4) is 0 Å².